The van der Waals surface area contributed by atoms with Crippen molar-refractivity contribution >= 4 is 57.4 Å². The van der Waals surface area contributed by atoms with Crippen LogP contribution in [0.1, 0.15) is 32.1 Å². The lowest BCUT2D eigenvalue weighted by atomic mass is 10.2. The van der Waals surface area contributed by atoms with E-state index in [0.29, 0.717) is 41.6 Å². The molecule has 0 aromatic heterocycles. The number of rotatable bonds is 7. The van der Waals surface area contributed by atoms with Crippen molar-refractivity contribution in [3.05, 3.63) is 24.3 Å². The fourth-order valence-electron chi connectivity index (χ4n) is 3.05. The number of benzene rings is 1. The Morgan fingerprint density at radius 3 is 2.77 bits per heavy atom. The number of carbonyl (C=O) groups excluding carboxylic acids is 3. The van der Waals surface area contributed by atoms with Gasteiger partial charge in [-0.15, -0.1) is 0 Å². The standard InChI is InChI=1S/C18H21N3O3S2/c22-15(7-1-2-9-21-17(24)12-26-18(21)25)19-13-5-3-6-14(11-13)20-10-4-8-16(20)23/h3,5-6,11H,1-2,4,7-10,12H2,(H,19,22). The molecule has 2 aliphatic heterocycles. The lowest BCUT2D eigenvalue weighted by Crippen LogP contribution is -2.29. The Morgan fingerprint density at radius 2 is 2.08 bits per heavy atom. The molecule has 1 aromatic rings. The van der Waals surface area contributed by atoms with E-state index in [2.05, 4.69) is 5.32 Å². The zero-order valence-corrected chi connectivity index (χ0v) is 16.0. The monoisotopic (exact) mass is 391 g/mol. The molecule has 0 unspecified atom stereocenters. The normalized spacial score (nSPS) is 17.3. The van der Waals surface area contributed by atoms with Gasteiger partial charge in [-0.2, -0.15) is 0 Å². The maximum absolute atomic E-state index is 12.1. The smallest absolute Gasteiger partial charge is 0.238 e. The fourth-order valence-corrected chi connectivity index (χ4v) is 4.17. The highest BCUT2D eigenvalue weighted by atomic mass is 32.2. The van der Waals surface area contributed by atoms with Gasteiger partial charge in [0.25, 0.3) is 0 Å². The average molecular weight is 392 g/mol. The van der Waals surface area contributed by atoms with Crippen LogP contribution >= 0.6 is 24.0 Å². The first-order chi connectivity index (χ1) is 12.5. The summed E-state index contributed by atoms with van der Waals surface area (Å²) in [5.74, 6) is 0.535. The summed E-state index contributed by atoms with van der Waals surface area (Å²) in [5, 5.41) is 2.88. The number of anilines is 2. The SMILES string of the molecule is O=C(CCCCN1C(=O)CSC1=S)Nc1cccc(N2CCCC2=O)c1. The van der Waals surface area contributed by atoms with Crippen LogP contribution in [0.4, 0.5) is 11.4 Å². The molecule has 1 aromatic carbocycles. The van der Waals surface area contributed by atoms with Gasteiger partial charge in [-0.3, -0.25) is 19.3 Å². The van der Waals surface area contributed by atoms with Gasteiger partial charge in [0, 0.05) is 37.3 Å². The van der Waals surface area contributed by atoms with Gasteiger partial charge in [-0.05, 0) is 37.5 Å². The van der Waals surface area contributed by atoms with Crippen LogP contribution in [0.15, 0.2) is 24.3 Å². The van der Waals surface area contributed by atoms with Gasteiger partial charge in [0.15, 0.2) is 0 Å². The minimum atomic E-state index is -0.0698. The van der Waals surface area contributed by atoms with Crippen molar-refractivity contribution in [1.82, 2.24) is 4.90 Å². The molecule has 0 spiro atoms. The Hall–Kier alpha value is -1.93. The maximum Gasteiger partial charge on any atom is 0.238 e. The van der Waals surface area contributed by atoms with Gasteiger partial charge in [-0.25, -0.2) is 0 Å². The molecule has 26 heavy (non-hydrogen) atoms. The summed E-state index contributed by atoms with van der Waals surface area (Å²) in [6.07, 6.45) is 3.26. The van der Waals surface area contributed by atoms with Crippen LogP contribution in [-0.2, 0) is 14.4 Å². The molecule has 0 atom stereocenters. The van der Waals surface area contributed by atoms with E-state index in [-0.39, 0.29) is 17.7 Å². The molecule has 1 N–H and O–H groups in total. The Kier molecular flexibility index (Phi) is 6.26. The number of hydrogen-bond donors (Lipinski definition) is 1. The quantitative estimate of drug-likeness (QED) is 0.572. The minimum Gasteiger partial charge on any atom is -0.326 e. The van der Waals surface area contributed by atoms with E-state index < -0.39 is 0 Å². The van der Waals surface area contributed by atoms with Gasteiger partial charge in [-0.1, -0.05) is 30.0 Å². The zero-order valence-electron chi connectivity index (χ0n) is 14.4. The predicted molar refractivity (Wildman–Crippen MR) is 107 cm³/mol. The van der Waals surface area contributed by atoms with Crippen LogP contribution in [-0.4, -0.2) is 45.8 Å². The Balaban J connectivity index is 1.44. The van der Waals surface area contributed by atoms with Crippen molar-refractivity contribution in [2.75, 3.05) is 29.1 Å². The second-order valence-corrected chi connectivity index (χ2v) is 7.91. The van der Waals surface area contributed by atoms with Crippen molar-refractivity contribution in [1.29, 1.82) is 0 Å². The summed E-state index contributed by atoms with van der Waals surface area (Å²) in [7, 11) is 0. The molecule has 3 amide bonds. The summed E-state index contributed by atoms with van der Waals surface area (Å²) in [6.45, 7) is 1.30. The van der Waals surface area contributed by atoms with Crippen LogP contribution < -0.4 is 10.2 Å². The van der Waals surface area contributed by atoms with Gasteiger partial charge in [0.05, 0.1) is 5.75 Å². The summed E-state index contributed by atoms with van der Waals surface area (Å²) in [5.41, 5.74) is 1.52. The van der Waals surface area contributed by atoms with Gasteiger partial charge < -0.3 is 10.2 Å². The van der Waals surface area contributed by atoms with Crippen molar-refractivity contribution in [3.8, 4) is 0 Å². The topological polar surface area (TPSA) is 69.7 Å². The van der Waals surface area contributed by atoms with E-state index in [4.69, 9.17) is 12.2 Å². The molecular weight excluding hydrogens is 370 g/mol. The van der Waals surface area contributed by atoms with E-state index in [9.17, 15) is 14.4 Å². The Bertz CT molecular complexity index is 722. The molecule has 8 heteroatoms. The molecule has 0 bridgehead atoms. The first-order valence-electron chi connectivity index (χ1n) is 8.72. The minimum absolute atomic E-state index is 0.0535. The predicted octanol–water partition coefficient (Wildman–Crippen LogP) is 2.78. The second kappa shape index (κ2) is 8.64. The molecular formula is C18H21N3O3S2. The molecule has 2 heterocycles. The number of hydrogen-bond acceptors (Lipinski definition) is 5. The first-order valence-corrected chi connectivity index (χ1v) is 10.1. The molecule has 138 valence electrons. The lowest BCUT2D eigenvalue weighted by molar-refractivity contribution is -0.124. The zero-order chi connectivity index (χ0) is 18.5. The largest absolute Gasteiger partial charge is 0.326 e. The molecule has 0 saturated carbocycles. The number of thiocarbonyl (C=S) groups is 1. The summed E-state index contributed by atoms with van der Waals surface area (Å²) < 4.78 is 0.632. The van der Waals surface area contributed by atoms with E-state index in [1.54, 1.807) is 9.80 Å². The third kappa shape index (κ3) is 4.62. The van der Waals surface area contributed by atoms with E-state index >= 15 is 0 Å². The number of nitrogens with zero attached hydrogens (tertiary/aromatic N) is 2. The van der Waals surface area contributed by atoms with Crippen LogP contribution in [0.5, 0.6) is 0 Å². The number of nitrogens with one attached hydrogen (secondary N) is 1. The van der Waals surface area contributed by atoms with Gasteiger partial charge in [0.2, 0.25) is 17.7 Å². The first kappa shape index (κ1) is 18.8. The number of carbonyl (C=O) groups is 3. The fraction of sp³-hybridized carbons (Fsp3) is 0.444. The van der Waals surface area contributed by atoms with E-state index in [0.717, 1.165) is 25.1 Å². The van der Waals surface area contributed by atoms with Gasteiger partial charge in [0.1, 0.15) is 4.32 Å². The number of amides is 3. The van der Waals surface area contributed by atoms with E-state index in [1.165, 1.54) is 11.8 Å². The molecule has 0 radical (unpaired) electrons. The van der Waals surface area contributed by atoms with Crippen molar-refractivity contribution < 1.29 is 14.4 Å². The van der Waals surface area contributed by atoms with Crippen LogP contribution in [0.25, 0.3) is 0 Å². The molecule has 0 aliphatic carbocycles. The number of thioether (sulfide) groups is 1. The second-order valence-electron chi connectivity index (χ2n) is 6.30. The van der Waals surface area contributed by atoms with Crippen molar-refractivity contribution in [2.24, 2.45) is 0 Å². The van der Waals surface area contributed by atoms with Crippen LogP contribution in [0.3, 0.4) is 0 Å². The molecule has 2 fully saturated rings. The van der Waals surface area contributed by atoms with Crippen LogP contribution in [0.2, 0.25) is 0 Å². The highest BCUT2D eigenvalue weighted by Gasteiger charge is 2.25. The third-order valence-corrected chi connectivity index (χ3v) is 5.82. The van der Waals surface area contributed by atoms with Gasteiger partial charge >= 0.3 is 0 Å². The summed E-state index contributed by atoms with van der Waals surface area (Å²) >= 11 is 6.52. The summed E-state index contributed by atoms with van der Waals surface area (Å²) in [4.78, 5) is 39.0. The molecule has 2 saturated heterocycles. The Morgan fingerprint density at radius 1 is 1.23 bits per heavy atom. The molecule has 2 aliphatic rings. The lowest BCUT2D eigenvalue weighted by Gasteiger charge is -2.17. The summed E-state index contributed by atoms with van der Waals surface area (Å²) in [6, 6.07) is 7.38. The maximum atomic E-state index is 12.1. The molecule has 3 rings (SSSR count). The number of unbranched alkanes of at least 4 members (excludes halogenated alkanes) is 1. The molecule has 6 nitrogen and oxygen atoms in total. The van der Waals surface area contributed by atoms with Crippen molar-refractivity contribution in [3.63, 3.8) is 0 Å². The third-order valence-electron chi connectivity index (χ3n) is 4.39. The highest BCUT2D eigenvalue weighted by Crippen LogP contribution is 2.24. The Labute approximate surface area is 162 Å². The van der Waals surface area contributed by atoms with E-state index in [1.807, 2.05) is 24.3 Å². The average Bonchev–Trinajstić information content (AvgIpc) is 3.18. The highest BCUT2D eigenvalue weighted by molar-refractivity contribution is 8.23. The van der Waals surface area contributed by atoms with Crippen LogP contribution in [0, 0.1) is 0 Å². The van der Waals surface area contributed by atoms with Crippen molar-refractivity contribution in [2.45, 2.75) is 32.1 Å².